The van der Waals surface area contributed by atoms with Crippen LogP contribution in [0.15, 0.2) is 0 Å². The smallest absolute Gasteiger partial charge is 0.480 e. The molecule has 0 fully saturated rings. The fraction of sp³-hybridized carbons (Fsp3) is 0.875. The highest BCUT2D eigenvalue weighted by Crippen LogP contribution is 2.14. The van der Waals surface area contributed by atoms with Gasteiger partial charge in [-0.05, 0) is 13.0 Å². The van der Waals surface area contributed by atoms with E-state index in [2.05, 4.69) is 5.32 Å². The third-order valence-electron chi connectivity index (χ3n) is 2.05. The molecular formula is C8H19NO5Si. The maximum atomic E-state index is 10.2. The molecule has 7 heteroatoms. The molecule has 0 aliphatic heterocycles. The second-order valence-corrected chi connectivity index (χ2v) is 6.06. The van der Waals surface area contributed by atoms with Crippen molar-refractivity contribution in [1.82, 2.24) is 5.32 Å². The van der Waals surface area contributed by atoms with Gasteiger partial charge >= 0.3 is 14.8 Å². The molecule has 0 amide bonds. The van der Waals surface area contributed by atoms with Crippen molar-refractivity contribution < 1.29 is 23.2 Å². The Bertz CT molecular complexity index is 178. The summed E-state index contributed by atoms with van der Waals surface area (Å²) in [5.41, 5.74) is 0. The topological polar surface area (TPSA) is 77.0 Å². The monoisotopic (exact) mass is 237 g/mol. The lowest BCUT2D eigenvalue weighted by Gasteiger charge is -2.24. The van der Waals surface area contributed by atoms with Crippen LogP contribution >= 0.6 is 0 Å². The molecule has 0 heterocycles. The van der Waals surface area contributed by atoms with Crippen molar-refractivity contribution in [3.8, 4) is 0 Å². The van der Waals surface area contributed by atoms with E-state index in [4.69, 9.17) is 18.4 Å². The number of carboxylic acids is 1. The number of aliphatic carboxylic acids is 1. The van der Waals surface area contributed by atoms with Gasteiger partial charge in [0.05, 0.1) is 6.54 Å². The fourth-order valence-corrected chi connectivity index (χ4v) is 2.90. The highest BCUT2D eigenvalue weighted by atomic mass is 28.4. The van der Waals surface area contributed by atoms with E-state index in [0.29, 0.717) is 12.6 Å². The summed E-state index contributed by atoms with van der Waals surface area (Å²) in [6.45, 7) is 0.582. The summed E-state index contributed by atoms with van der Waals surface area (Å²) in [5, 5.41) is 11.2. The van der Waals surface area contributed by atoms with Crippen LogP contribution in [-0.2, 0) is 18.1 Å². The zero-order chi connectivity index (χ0) is 11.7. The summed E-state index contributed by atoms with van der Waals surface area (Å²) < 4.78 is 15.6. The van der Waals surface area contributed by atoms with Gasteiger partial charge in [0.15, 0.2) is 0 Å². The first kappa shape index (κ1) is 14.5. The third kappa shape index (κ3) is 5.85. The Kier molecular flexibility index (Phi) is 7.53. The number of carboxylic acid groups (broad SMARTS) is 1. The van der Waals surface area contributed by atoms with Crippen molar-refractivity contribution in [2.75, 3.05) is 34.4 Å². The molecule has 0 aromatic carbocycles. The zero-order valence-corrected chi connectivity index (χ0v) is 10.4. The number of hydrogen-bond acceptors (Lipinski definition) is 5. The van der Waals surface area contributed by atoms with Crippen molar-refractivity contribution in [2.24, 2.45) is 0 Å². The van der Waals surface area contributed by atoms with Crippen molar-refractivity contribution in [2.45, 2.75) is 12.5 Å². The van der Waals surface area contributed by atoms with E-state index < -0.39 is 14.8 Å². The molecule has 15 heavy (non-hydrogen) atoms. The SMILES string of the molecule is CO[Si](CCCNCC(=O)O)(OC)OC. The van der Waals surface area contributed by atoms with Crippen molar-refractivity contribution in [3.63, 3.8) is 0 Å². The van der Waals surface area contributed by atoms with E-state index in [9.17, 15) is 4.79 Å². The average molecular weight is 237 g/mol. The van der Waals surface area contributed by atoms with E-state index in [-0.39, 0.29) is 6.54 Å². The summed E-state index contributed by atoms with van der Waals surface area (Å²) in [5.74, 6) is -0.858. The Balaban J connectivity index is 3.67. The van der Waals surface area contributed by atoms with Crippen LogP contribution in [-0.4, -0.2) is 54.3 Å². The molecule has 0 atom stereocenters. The summed E-state index contributed by atoms with van der Waals surface area (Å²) in [4.78, 5) is 10.2. The Morgan fingerprint density at radius 3 is 2.20 bits per heavy atom. The van der Waals surface area contributed by atoms with Gasteiger partial charge in [-0.2, -0.15) is 0 Å². The van der Waals surface area contributed by atoms with Gasteiger partial charge in [0.1, 0.15) is 0 Å². The first-order valence-corrected chi connectivity index (χ1v) is 6.61. The van der Waals surface area contributed by atoms with Gasteiger partial charge < -0.3 is 23.7 Å². The predicted octanol–water partition coefficient (Wildman–Crippen LogP) is -0.0712. The highest BCUT2D eigenvalue weighted by molar-refractivity contribution is 6.60. The maximum Gasteiger partial charge on any atom is 0.500 e. The molecular weight excluding hydrogens is 218 g/mol. The normalized spacial score (nSPS) is 11.7. The Labute approximate surface area is 90.9 Å². The van der Waals surface area contributed by atoms with Gasteiger partial charge in [-0.3, -0.25) is 4.79 Å². The molecule has 0 saturated carbocycles. The first-order valence-electron chi connectivity index (χ1n) is 4.68. The molecule has 0 aromatic heterocycles. The number of rotatable bonds is 9. The molecule has 0 spiro atoms. The lowest BCUT2D eigenvalue weighted by molar-refractivity contribution is -0.135. The van der Waals surface area contributed by atoms with E-state index >= 15 is 0 Å². The van der Waals surface area contributed by atoms with E-state index in [0.717, 1.165) is 6.42 Å². The van der Waals surface area contributed by atoms with E-state index in [1.54, 1.807) is 21.3 Å². The first-order chi connectivity index (χ1) is 7.10. The lowest BCUT2D eigenvalue weighted by atomic mass is 10.5. The number of nitrogens with one attached hydrogen (secondary N) is 1. The fourth-order valence-electron chi connectivity index (χ4n) is 1.18. The average Bonchev–Trinajstić information content (AvgIpc) is 2.24. The minimum absolute atomic E-state index is 0.0263. The largest absolute Gasteiger partial charge is 0.500 e. The van der Waals surface area contributed by atoms with Gasteiger partial charge in [0.2, 0.25) is 0 Å². The van der Waals surface area contributed by atoms with Crippen LogP contribution in [0.4, 0.5) is 0 Å². The van der Waals surface area contributed by atoms with Crippen LogP contribution in [0.2, 0.25) is 6.04 Å². The zero-order valence-electron chi connectivity index (χ0n) is 9.41. The van der Waals surface area contributed by atoms with Crippen LogP contribution in [0.5, 0.6) is 0 Å². The maximum absolute atomic E-state index is 10.2. The number of carbonyl (C=O) groups is 1. The quantitative estimate of drug-likeness (QED) is 0.432. The molecule has 0 aromatic rings. The van der Waals surface area contributed by atoms with Gasteiger partial charge in [-0.1, -0.05) is 0 Å². The van der Waals surface area contributed by atoms with Gasteiger partial charge in [0.25, 0.3) is 0 Å². The molecule has 2 N–H and O–H groups in total. The highest BCUT2D eigenvalue weighted by Gasteiger charge is 2.36. The van der Waals surface area contributed by atoms with Crippen molar-refractivity contribution in [3.05, 3.63) is 0 Å². The molecule has 0 rings (SSSR count). The molecule has 0 radical (unpaired) electrons. The van der Waals surface area contributed by atoms with E-state index in [1.165, 1.54) is 0 Å². The van der Waals surface area contributed by atoms with Gasteiger partial charge in [-0.15, -0.1) is 0 Å². The molecule has 0 saturated heterocycles. The van der Waals surface area contributed by atoms with Crippen molar-refractivity contribution in [1.29, 1.82) is 0 Å². The minimum atomic E-state index is -2.48. The molecule has 0 aliphatic carbocycles. The molecule has 90 valence electrons. The predicted molar refractivity (Wildman–Crippen MR) is 56.7 cm³/mol. The Morgan fingerprint density at radius 2 is 1.80 bits per heavy atom. The summed E-state index contributed by atoms with van der Waals surface area (Å²) in [6.07, 6.45) is 0.759. The third-order valence-corrected chi connectivity index (χ3v) is 4.88. The molecule has 0 bridgehead atoms. The minimum Gasteiger partial charge on any atom is -0.480 e. The van der Waals surface area contributed by atoms with Crippen LogP contribution in [0, 0.1) is 0 Å². The standard InChI is InChI=1S/C8H19NO5Si/c1-12-15(13-2,14-3)6-4-5-9-7-8(10)11/h9H,4-7H2,1-3H3,(H,10,11). The van der Waals surface area contributed by atoms with Crippen LogP contribution in [0.25, 0.3) is 0 Å². The van der Waals surface area contributed by atoms with Crippen LogP contribution < -0.4 is 5.32 Å². The molecule has 0 unspecified atom stereocenters. The molecule has 0 aliphatic rings. The summed E-state index contributed by atoms with van der Waals surface area (Å²) in [6, 6.07) is 0.670. The summed E-state index contributed by atoms with van der Waals surface area (Å²) in [7, 11) is 2.20. The van der Waals surface area contributed by atoms with Crippen LogP contribution in [0.1, 0.15) is 6.42 Å². The number of hydrogen-bond donors (Lipinski definition) is 2. The Morgan fingerprint density at radius 1 is 1.27 bits per heavy atom. The summed E-state index contributed by atoms with van der Waals surface area (Å²) >= 11 is 0. The van der Waals surface area contributed by atoms with Crippen molar-refractivity contribution >= 4 is 14.8 Å². The second-order valence-electron chi connectivity index (χ2n) is 2.97. The Hall–Kier alpha value is -0.473. The van der Waals surface area contributed by atoms with Gasteiger partial charge in [-0.25, -0.2) is 0 Å². The molecule has 6 nitrogen and oxygen atoms in total. The lowest BCUT2D eigenvalue weighted by Crippen LogP contribution is -2.43. The van der Waals surface area contributed by atoms with E-state index in [1.807, 2.05) is 0 Å². The second kappa shape index (κ2) is 7.77. The van der Waals surface area contributed by atoms with Crippen LogP contribution in [0.3, 0.4) is 0 Å². The van der Waals surface area contributed by atoms with Gasteiger partial charge in [0, 0.05) is 27.4 Å².